The Morgan fingerprint density at radius 1 is 0.692 bits per heavy atom. The predicted molar refractivity (Wildman–Crippen MR) is 125 cm³/mol. The molecule has 0 bridgehead atoms. The number of alkyl halides is 1. The van der Waals surface area contributed by atoms with Crippen LogP contribution in [-0.2, 0) is 0 Å². The normalized spacial score (nSPS) is 12.5. The molecule has 1 atom stereocenters. The van der Waals surface area contributed by atoms with Gasteiger partial charge in [-0.15, -0.1) is 11.3 Å². The molecule has 2 heteroatoms. The van der Waals surface area contributed by atoms with E-state index in [4.69, 9.17) is 0 Å². The lowest BCUT2D eigenvalue weighted by Gasteiger charge is -2.07. The molecule has 152 valence electrons. The van der Waals surface area contributed by atoms with Crippen LogP contribution < -0.4 is 0 Å². The summed E-state index contributed by atoms with van der Waals surface area (Å²) in [5, 5.41) is 2.18. The molecule has 0 amide bonds. The lowest BCUT2D eigenvalue weighted by atomic mass is 10.0. The van der Waals surface area contributed by atoms with Crippen molar-refractivity contribution in [1.29, 1.82) is 0 Å². The van der Waals surface area contributed by atoms with Gasteiger partial charge in [0.25, 0.3) is 0 Å². The Bertz CT molecular complexity index is 374. The minimum Gasteiger partial charge on any atom is -0.148 e. The third-order valence-corrected chi connectivity index (χ3v) is 7.65. The van der Waals surface area contributed by atoms with Gasteiger partial charge in [0.2, 0.25) is 0 Å². The molecule has 0 aliphatic rings. The average Bonchev–Trinajstić information content (AvgIpc) is 3.19. The first-order valence-electron chi connectivity index (χ1n) is 11.5. The van der Waals surface area contributed by atoms with Gasteiger partial charge in [-0.3, -0.25) is 0 Å². The molecule has 0 aromatic carbocycles. The molecule has 0 N–H and O–H groups in total. The van der Waals surface area contributed by atoms with Gasteiger partial charge in [-0.2, -0.15) is 0 Å². The highest BCUT2D eigenvalue weighted by Crippen LogP contribution is 2.31. The Hall–Kier alpha value is 0.180. The molecule has 1 heterocycles. The summed E-state index contributed by atoms with van der Waals surface area (Å²) in [6.45, 7) is 2.30. The molecule has 0 aliphatic carbocycles. The van der Waals surface area contributed by atoms with Crippen molar-refractivity contribution in [3.8, 4) is 0 Å². The fourth-order valence-corrected chi connectivity index (χ4v) is 5.20. The standard InChI is InChI=1S/C24H43BrS/c1-2-3-4-5-6-7-8-9-10-11-12-13-14-15-16-17-18-20-23(25)24-21-19-22-26-24/h19,21-23H,2-18,20H2,1H3. The van der Waals surface area contributed by atoms with E-state index in [9.17, 15) is 0 Å². The minimum atomic E-state index is 0.582. The van der Waals surface area contributed by atoms with Crippen LogP contribution in [-0.4, -0.2) is 0 Å². The van der Waals surface area contributed by atoms with Crippen LogP contribution in [0, 0.1) is 0 Å². The van der Waals surface area contributed by atoms with E-state index in [-0.39, 0.29) is 0 Å². The summed E-state index contributed by atoms with van der Waals surface area (Å²) in [5.74, 6) is 0. The fraction of sp³-hybridized carbons (Fsp3) is 0.833. The van der Waals surface area contributed by atoms with E-state index in [0.717, 1.165) is 0 Å². The first kappa shape index (κ1) is 24.2. The number of halogens is 1. The molecule has 1 aromatic heterocycles. The Kier molecular flexibility index (Phi) is 17.3. The van der Waals surface area contributed by atoms with Crippen molar-refractivity contribution < 1.29 is 0 Å². The van der Waals surface area contributed by atoms with Gasteiger partial charge in [0.05, 0.1) is 0 Å². The van der Waals surface area contributed by atoms with Crippen LogP contribution in [0.5, 0.6) is 0 Å². The van der Waals surface area contributed by atoms with Crippen molar-refractivity contribution in [2.24, 2.45) is 0 Å². The number of hydrogen-bond donors (Lipinski definition) is 0. The Balaban J connectivity index is 1.71. The first-order valence-corrected chi connectivity index (χ1v) is 13.3. The highest BCUT2D eigenvalue weighted by atomic mass is 79.9. The Labute approximate surface area is 176 Å². The van der Waals surface area contributed by atoms with Crippen LogP contribution in [0.25, 0.3) is 0 Å². The van der Waals surface area contributed by atoms with Gasteiger partial charge in [0, 0.05) is 9.70 Å². The van der Waals surface area contributed by atoms with Gasteiger partial charge in [-0.1, -0.05) is 138 Å². The molecule has 0 saturated heterocycles. The van der Waals surface area contributed by atoms with Gasteiger partial charge in [-0.25, -0.2) is 0 Å². The molecule has 1 unspecified atom stereocenters. The SMILES string of the molecule is CCCCCCCCCCCCCCCCCCCC(Br)c1cccs1. The zero-order valence-electron chi connectivity index (χ0n) is 17.3. The van der Waals surface area contributed by atoms with Crippen molar-refractivity contribution in [3.63, 3.8) is 0 Å². The van der Waals surface area contributed by atoms with Gasteiger partial charge >= 0.3 is 0 Å². The predicted octanol–water partition coefficient (Wildman–Crippen LogP) is 10.2. The number of unbranched alkanes of at least 4 members (excludes halogenated alkanes) is 16. The summed E-state index contributed by atoms with van der Waals surface area (Å²) >= 11 is 5.70. The van der Waals surface area contributed by atoms with E-state index in [1.54, 1.807) is 0 Å². The maximum Gasteiger partial charge on any atom is 0.0489 e. The highest BCUT2D eigenvalue weighted by molar-refractivity contribution is 9.09. The molecule has 0 radical (unpaired) electrons. The van der Waals surface area contributed by atoms with Gasteiger partial charge in [0.1, 0.15) is 0 Å². The lowest BCUT2D eigenvalue weighted by Crippen LogP contribution is -1.87. The Morgan fingerprint density at radius 3 is 1.50 bits per heavy atom. The molecule has 0 nitrogen and oxygen atoms in total. The van der Waals surface area contributed by atoms with Gasteiger partial charge in [-0.05, 0) is 17.9 Å². The third-order valence-electron chi connectivity index (χ3n) is 5.41. The van der Waals surface area contributed by atoms with Crippen molar-refractivity contribution in [1.82, 2.24) is 0 Å². The highest BCUT2D eigenvalue weighted by Gasteiger charge is 2.07. The second-order valence-corrected chi connectivity index (χ2v) is 10.0. The summed E-state index contributed by atoms with van der Waals surface area (Å²) in [4.78, 5) is 2.07. The Morgan fingerprint density at radius 2 is 1.12 bits per heavy atom. The van der Waals surface area contributed by atoms with E-state index in [2.05, 4.69) is 40.4 Å². The van der Waals surface area contributed by atoms with Crippen molar-refractivity contribution in [3.05, 3.63) is 22.4 Å². The zero-order valence-corrected chi connectivity index (χ0v) is 19.7. The van der Waals surface area contributed by atoms with Crippen molar-refractivity contribution in [2.45, 2.75) is 127 Å². The molecule has 0 saturated carbocycles. The van der Waals surface area contributed by atoms with Crippen LogP contribution in [0.15, 0.2) is 17.5 Å². The molecular formula is C24H43BrS. The van der Waals surface area contributed by atoms with E-state index >= 15 is 0 Å². The summed E-state index contributed by atoms with van der Waals surface area (Å²) in [6.07, 6.45) is 25.9. The second-order valence-electron chi connectivity index (χ2n) is 7.93. The maximum atomic E-state index is 3.82. The molecule has 1 rings (SSSR count). The van der Waals surface area contributed by atoms with E-state index in [1.807, 2.05) is 11.3 Å². The summed E-state index contributed by atoms with van der Waals surface area (Å²) in [7, 11) is 0. The summed E-state index contributed by atoms with van der Waals surface area (Å²) in [5.41, 5.74) is 0. The lowest BCUT2D eigenvalue weighted by molar-refractivity contribution is 0.525. The van der Waals surface area contributed by atoms with Crippen LogP contribution in [0.3, 0.4) is 0 Å². The smallest absolute Gasteiger partial charge is 0.0489 e. The van der Waals surface area contributed by atoms with Crippen LogP contribution in [0.4, 0.5) is 0 Å². The molecule has 0 aliphatic heterocycles. The minimum absolute atomic E-state index is 0.582. The van der Waals surface area contributed by atoms with Gasteiger partial charge < -0.3 is 0 Å². The quantitative estimate of drug-likeness (QED) is 0.147. The topological polar surface area (TPSA) is 0 Å². The first-order chi connectivity index (χ1) is 12.8. The van der Waals surface area contributed by atoms with Crippen LogP contribution >= 0.6 is 27.3 Å². The van der Waals surface area contributed by atoms with E-state index in [0.29, 0.717) is 4.83 Å². The van der Waals surface area contributed by atoms with Crippen molar-refractivity contribution >= 4 is 27.3 Å². The second kappa shape index (κ2) is 18.5. The molecular weight excluding hydrogens is 400 g/mol. The maximum absolute atomic E-state index is 3.82. The zero-order chi connectivity index (χ0) is 18.7. The largest absolute Gasteiger partial charge is 0.148 e. The van der Waals surface area contributed by atoms with Gasteiger partial charge in [0.15, 0.2) is 0 Å². The molecule has 26 heavy (non-hydrogen) atoms. The fourth-order valence-electron chi connectivity index (χ4n) is 3.66. The van der Waals surface area contributed by atoms with Crippen LogP contribution in [0.2, 0.25) is 0 Å². The molecule has 0 fully saturated rings. The van der Waals surface area contributed by atoms with Crippen molar-refractivity contribution in [2.75, 3.05) is 0 Å². The monoisotopic (exact) mass is 442 g/mol. The van der Waals surface area contributed by atoms with E-state index in [1.165, 1.54) is 120 Å². The number of thiophene rings is 1. The van der Waals surface area contributed by atoms with E-state index < -0.39 is 0 Å². The number of hydrogen-bond acceptors (Lipinski definition) is 1. The average molecular weight is 444 g/mol. The third kappa shape index (κ3) is 14.3. The summed E-state index contributed by atoms with van der Waals surface area (Å²) in [6, 6.07) is 4.40. The molecule has 0 spiro atoms. The number of rotatable bonds is 19. The molecule has 1 aromatic rings. The van der Waals surface area contributed by atoms with Crippen LogP contribution in [0.1, 0.15) is 132 Å². The summed E-state index contributed by atoms with van der Waals surface area (Å²) < 4.78 is 0.